The van der Waals surface area contributed by atoms with Crippen LogP contribution in [0.3, 0.4) is 0 Å². The summed E-state index contributed by atoms with van der Waals surface area (Å²) in [6.07, 6.45) is 3.18. The molecule has 88 valence electrons. The van der Waals surface area contributed by atoms with Crippen molar-refractivity contribution in [2.45, 2.75) is 0 Å². The first-order chi connectivity index (χ1) is 8.83. The van der Waals surface area contributed by atoms with Crippen molar-refractivity contribution in [2.75, 3.05) is 0 Å². The van der Waals surface area contributed by atoms with Crippen LogP contribution in [0.5, 0.6) is 0 Å². The third-order valence-electron chi connectivity index (χ3n) is 2.54. The van der Waals surface area contributed by atoms with Crippen molar-refractivity contribution in [3.8, 4) is 22.6 Å². The van der Waals surface area contributed by atoms with Crippen LogP contribution in [-0.4, -0.2) is 9.97 Å². The average Bonchev–Trinajstić information content (AvgIpc) is 2.93. The van der Waals surface area contributed by atoms with Crippen LogP contribution in [0.25, 0.3) is 22.6 Å². The van der Waals surface area contributed by atoms with E-state index < -0.39 is 0 Å². The van der Waals surface area contributed by atoms with Crippen LogP contribution in [-0.2, 0) is 0 Å². The van der Waals surface area contributed by atoms with Crippen molar-refractivity contribution in [1.82, 2.24) is 9.97 Å². The van der Waals surface area contributed by atoms with E-state index in [1.165, 1.54) is 0 Å². The van der Waals surface area contributed by atoms with Gasteiger partial charge in [-0.2, -0.15) is 0 Å². The summed E-state index contributed by atoms with van der Waals surface area (Å²) in [5.74, 6) is 0.565. The van der Waals surface area contributed by atoms with E-state index in [9.17, 15) is 0 Å². The minimum Gasteiger partial charge on any atom is -0.472 e. The summed E-state index contributed by atoms with van der Waals surface area (Å²) in [4.78, 5) is 8.69. The highest BCUT2D eigenvalue weighted by molar-refractivity contribution is 6.29. The number of aromatic nitrogens is 2. The van der Waals surface area contributed by atoms with Crippen LogP contribution in [0, 0.1) is 0 Å². The van der Waals surface area contributed by atoms with Gasteiger partial charge in [-0.25, -0.2) is 9.97 Å². The number of hydrogen-bond acceptors (Lipinski definition) is 3. The highest BCUT2D eigenvalue weighted by atomic mass is 35.5. The van der Waals surface area contributed by atoms with Gasteiger partial charge in [0.1, 0.15) is 11.4 Å². The van der Waals surface area contributed by atoms with Gasteiger partial charge in [0.25, 0.3) is 0 Å². The maximum atomic E-state index is 6.04. The smallest absolute Gasteiger partial charge is 0.164 e. The number of rotatable bonds is 2. The zero-order chi connectivity index (χ0) is 12.4. The lowest BCUT2D eigenvalue weighted by molar-refractivity contribution is 0.568. The summed E-state index contributed by atoms with van der Waals surface area (Å²) in [5.41, 5.74) is 2.62. The van der Waals surface area contributed by atoms with Crippen LogP contribution in [0.1, 0.15) is 0 Å². The molecule has 18 heavy (non-hydrogen) atoms. The zero-order valence-corrected chi connectivity index (χ0v) is 10.1. The zero-order valence-electron chi connectivity index (χ0n) is 9.38. The lowest BCUT2D eigenvalue weighted by Gasteiger charge is -2.03. The van der Waals surface area contributed by atoms with Gasteiger partial charge < -0.3 is 4.42 Å². The molecule has 0 unspecified atom stereocenters. The van der Waals surface area contributed by atoms with Crippen LogP contribution in [0.15, 0.2) is 59.4 Å². The Bertz CT molecular complexity index is 651. The highest BCUT2D eigenvalue weighted by Crippen LogP contribution is 2.24. The Morgan fingerprint density at radius 3 is 2.50 bits per heavy atom. The summed E-state index contributed by atoms with van der Waals surface area (Å²) in [6, 6.07) is 13.4. The summed E-state index contributed by atoms with van der Waals surface area (Å²) in [6.45, 7) is 0. The molecule has 0 spiro atoms. The summed E-state index contributed by atoms with van der Waals surface area (Å²) >= 11 is 6.04. The largest absolute Gasteiger partial charge is 0.472 e. The van der Waals surface area contributed by atoms with Crippen LogP contribution in [0.4, 0.5) is 0 Å². The van der Waals surface area contributed by atoms with Crippen LogP contribution < -0.4 is 0 Å². The van der Waals surface area contributed by atoms with Gasteiger partial charge in [0.05, 0.1) is 17.5 Å². The van der Waals surface area contributed by atoms with E-state index >= 15 is 0 Å². The molecule has 1 aromatic carbocycles. The van der Waals surface area contributed by atoms with Gasteiger partial charge in [-0.1, -0.05) is 41.9 Å². The van der Waals surface area contributed by atoms with Gasteiger partial charge in [0, 0.05) is 11.6 Å². The Hall–Kier alpha value is -2.13. The molecule has 0 aliphatic heterocycles. The molecule has 3 aromatic rings. The Labute approximate surface area is 109 Å². The molecule has 0 N–H and O–H groups in total. The van der Waals surface area contributed by atoms with E-state index in [0.717, 1.165) is 16.8 Å². The number of hydrogen-bond donors (Lipinski definition) is 0. The number of furan rings is 1. The molecule has 2 heterocycles. The predicted octanol–water partition coefficient (Wildman–Crippen LogP) is 4.06. The molecule has 3 rings (SSSR count). The first-order valence-electron chi connectivity index (χ1n) is 5.45. The molecule has 0 amide bonds. The second-order valence-electron chi connectivity index (χ2n) is 3.78. The predicted molar refractivity (Wildman–Crippen MR) is 70.2 cm³/mol. The molecule has 0 aliphatic carbocycles. The molecule has 0 radical (unpaired) electrons. The van der Waals surface area contributed by atoms with Crippen molar-refractivity contribution in [3.05, 3.63) is 60.1 Å². The van der Waals surface area contributed by atoms with E-state index in [-0.39, 0.29) is 0 Å². The van der Waals surface area contributed by atoms with Crippen LogP contribution in [0.2, 0.25) is 5.15 Å². The number of benzene rings is 1. The standard InChI is InChI=1S/C14H9ClN2O/c15-13-8-12(10-4-2-1-3-5-10)16-14(17-13)11-6-7-18-9-11/h1-9H. The van der Waals surface area contributed by atoms with Gasteiger partial charge >= 0.3 is 0 Å². The quantitative estimate of drug-likeness (QED) is 0.649. The van der Waals surface area contributed by atoms with Gasteiger partial charge in [0.15, 0.2) is 5.82 Å². The van der Waals surface area contributed by atoms with Crippen molar-refractivity contribution >= 4 is 11.6 Å². The highest BCUT2D eigenvalue weighted by Gasteiger charge is 2.08. The van der Waals surface area contributed by atoms with Gasteiger partial charge in [-0.15, -0.1) is 0 Å². The van der Waals surface area contributed by atoms with E-state index in [4.69, 9.17) is 16.0 Å². The first kappa shape index (κ1) is 11.0. The second kappa shape index (κ2) is 4.63. The van der Waals surface area contributed by atoms with Gasteiger partial charge in [-0.05, 0) is 6.07 Å². The molecule has 0 aliphatic rings. The van der Waals surface area contributed by atoms with Crippen molar-refractivity contribution in [1.29, 1.82) is 0 Å². The molecule has 0 saturated carbocycles. The Kier molecular flexibility index (Phi) is 2.82. The fourth-order valence-corrected chi connectivity index (χ4v) is 1.88. The molecule has 2 aromatic heterocycles. The third kappa shape index (κ3) is 2.13. The molecule has 4 heteroatoms. The molecule has 0 bridgehead atoms. The molecule has 0 saturated heterocycles. The summed E-state index contributed by atoms with van der Waals surface area (Å²) < 4.78 is 5.03. The van der Waals surface area contributed by atoms with E-state index in [2.05, 4.69) is 9.97 Å². The Morgan fingerprint density at radius 2 is 1.78 bits per heavy atom. The van der Waals surface area contributed by atoms with Crippen molar-refractivity contribution in [3.63, 3.8) is 0 Å². The van der Waals surface area contributed by atoms with Crippen molar-refractivity contribution in [2.24, 2.45) is 0 Å². The minimum absolute atomic E-state index is 0.417. The fourth-order valence-electron chi connectivity index (χ4n) is 1.70. The number of nitrogens with zero attached hydrogens (tertiary/aromatic N) is 2. The SMILES string of the molecule is Clc1cc(-c2ccccc2)nc(-c2ccoc2)n1. The summed E-state index contributed by atoms with van der Waals surface area (Å²) in [7, 11) is 0. The summed E-state index contributed by atoms with van der Waals surface area (Å²) in [5, 5.41) is 0.417. The van der Waals surface area contributed by atoms with Crippen molar-refractivity contribution < 1.29 is 4.42 Å². The first-order valence-corrected chi connectivity index (χ1v) is 5.83. The lowest BCUT2D eigenvalue weighted by atomic mass is 10.1. The topological polar surface area (TPSA) is 38.9 Å². The minimum atomic E-state index is 0.417. The molecule has 0 fully saturated rings. The Morgan fingerprint density at radius 1 is 0.944 bits per heavy atom. The van der Waals surface area contributed by atoms with Gasteiger partial charge in [-0.3, -0.25) is 0 Å². The Balaban J connectivity index is 2.12. The maximum Gasteiger partial charge on any atom is 0.164 e. The second-order valence-corrected chi connectivity index (χ2v) is 4.16. The maximum absolute atomic E-state index is 6.04. The average molecular weight is 257 g/mol. The normalized spacial score (nSPS) is 10.5. The fraction of sp³-hybridized carbons (Fsp3) is 0. The molecule has 3 nitrogen and oxygen atoms in total. The van der Waals surface area contributed by atoms with E-state index in [1.54, 1.807) is 24.7 Å². The molecular formula is C14H9ClN2O. The lowest BCUT2D eigenvalue weighted by Crippen LogP contribution is -1.91. The van der Waals surface area contributed by atoms with Crippen LogP contribution >= 0.6 is 11.6 Å². The number of halogens is 1. The van der Waals surface area contributed by atoms with E-state index in [0.29, 0.717) is 11.0 Å². The van der Waals surface area contributed by atoms with Gasteiger partial charge in [0.2, 0.25) is 0 Å². The molecular weight excluding hydrogens is 248 g/mol. The van der Waals surface area contributed by atoms with E-state index in [1.807, 2.05) is 30.3 Å². The molecule has 0 atom stereocenters. The third-order valence-corrected chi connectivity index (χ3v) is 2.74. The monoisotopic (exact) mass is 256 g/mol.